The molecular weight excluding hydrogens is 732 g/mol. The van der Waals surface area contributed by atoms with E-state index in [0.29, 0.717) is 46.3 Å². The van der Waals surface area contributed by atoms with E-state index in [1.807, 2.05) is 0 Å². The van der Waals surface area contributed by atoms with Crippen LogP contribution >= 0.6 is 15.8 Å². The predicted octanol–water partition coefficient (Wildman–Crippen LogP) is 15.9. The molecule has 0 spiro atoms. The van der Waals surface area contributed by atoms with Crippen molar-refractivity contribution in [2.75, 3.05) is 0 Å². The van der Waals surface area contributed by atoms with E-state index >= 15 is 0 Å². The second-order valence-electron chi connectivity index (χ2n) is 17.0. The third kappa shape index (κ3) is 12.5. The molecule has 0 aliphatic carbocycles. The van der Waals surface area contributed by atoms with Crippen LogP contribution < -0.4 is 10.6 Å². The van der Waals surface area contributed by atoms with Gasteiger partial charge in [0, 0.05) is 15.8 Å². The van der Waals surface area contributed by atoms with Crippen molar-refractivity contribution in [1.82, 2.24) is 0 Å². The van der Waals surface area contributed by atoms with Crippen molar-refractivity contribution in [3.05, 3.63) is 118 Å². The molecule has 5 heteroatoms. The fraction of sp³-hybridized carbons (Fsp3) is 0.500. The molecule has 0 bridgehead atoms. The molecule has 2 nitrogen and oxygen atoms in total. The monoisotopic (exact) mass is 802 g/mol. The Kier molecular flexibility index (Phi) is 19.5. The Balaban J connectivity index is 0.000000360. The van der Waals surface area contributed by atoms with Crippen molar-refractivity contribution in [3.8, 4) is 0 Å². The Morgan fingerprint density at radius 2 is 0.585 bits per heavy atom. The van der Waals surface area contributed by atoms with E-state index in [9.17, 15) is 0 Å². The first-order valence-corrected chi connectivity index (χ1v) is 23.4. The number of hydrogen-bond donors (Lipinski definition) is 0. The van der Waals surface area contributed by atoms with Gasteiger partial charge in [-0.15, -0.1) is 11.4 Å². The number of nitrogens with zero attached hydrogens (tertiary/aromatic N) is 2. The molecule has 4 rings (SSSR count). The van der Waals surface area contributed by atoms with E-state index in [-0.39, 0.29) is 19.5 Å². The Morgan fingerprint density at radius 3 is 0.811 bits per heavy atom. The normalized spacial score (nSPS) is 11.8. The first kappa shape index (κ1) is 47.1. The topological polar surface area (TPSA) is 28.2 Å². The molecule has 53 heavy (non-hydrogen) atoms. The van der Waals surface area contributed by atoms with Gasteiger partial charge in [-0.3, -0.25) is 0 Å². The zero-order valence-electron chi connectivity index (χ0n) is 36.3. The van der Waals surface area contributed by atoms with Crippen LogP contribution in [-0.2, 0) is 19.5 Å². The zero-order chi connectivity index (χ0) is 38.9. The first-order chi connectivity index (χ1) is 24.5. The molecular formula is C48H72N2P2Zn+2. The van der Waals surface area contributed by atoms with Crippen LogP contribution in [0, 0.1) is 0 Å². The number of para-hydroxylation sites is 4. The largest absolute Gasteiger partial charge is 2.00 e. The quantitative estimate of drug-likeness (QED) is 0.0897. The summed E-state index contributed by atoms with van der Waals surface area (Å²) in [5, 5.41) is 13.6. The van der Waals surface area contributed by atoms with Crippen molar-refractivity contribution in [3.63, 3.8) is 0 Å². The van der Waals surface area contributed by atoms with Gasteiger partial charge >= 0.3 is 19.5 Å². The second kappa shape index (κ2) is 21.9. The van der Waals surface area contributed by atoms with Gasteiger partial charge < -0.3 is 10.6 Å². The van der Waals surface area contributed by atoms with E-state index in [4.69, 9.17) is 10.6 Å². The second-order valence-corrected chi connectivity index (χ2v) is 24.5. The molecule has 0 amide bonds. The number of benzene rings is 4. The van der Waals surface area contributed by atoms with Crippen molar-refractivity contribution in [2.45, 2.75) is 157 Å². The van der Waals surface area contributed by atoms with Crippen LogP contribution in [0.2, 0.25) is 0 Å². The van der Waals surface area contributed by atoms with Gasteiger partial charge in [0.1, 0.15) is 0 Å². The van der Waals surface area contributed by atoms with Gasteiger partial charge in [-0.1, -0.05) is 162 Å². The average Bonchev–Trinajstić information content (AvgIpc) is 3.06. The molecule has 0 saturated carbocycles. The molecule has 0 atom stereocenters. The Morgan fingerprint density at radius 1 is 0.340 bits per heavy atom. The van der Waals surface area contributed by atoms with Crippen LogP contribution in [0.3, 0.4) is 0 Å². The van der Waals surface area contributed by atoms with Crippen LogP contribution in [0.1, 0.15) is 157 Å². The third-order valence-corrected chi connectivity index (χ3v) is 17.1. The molecule has 4 aromatic rings. The fourth-order valence-corrected chi connectivity index (χ4v) is 14.3. The van der Waals surface area contributed by atoms with Crippen molar-refractivity contribution < 1.29 is 19.5 Å². The third-order valence-electron chi connectivity index (χ3n) is 10.1. The minimum absolute atomic E-state index is 0. The smallest absolute Gasteiger partial charge is 0.654 e. The SMILES string of the molecule is CC(C)c1cccc(C(C)C)c1[N-]c1ccccc1[PH+](C(C)C)C(C)C.CC(C)c1cccc(C(C)C)c1[N-]c1ccccc1[PH+](C(C)C)C(C)C.[Zn+2]. The molecule has 0 aliphatic heterocycles. The summed E-state index contributed by atoms with van der Waals surface area (Å²) in [4.78, 5) is 0. The molecule has 0 saturated heterocycles. The van der Waals surface area contributed by atoms with Gasteiger partial charge in [0.05, 0.1) is 33.2 Å². The maximum atomic E-state index is 5.29. The van der Waals surface area contributed by atoms with Crippen molar-refractivity contribution in [2.24, 2.45) is 0 Å². The summed E-state index contributed by atoms with van der Waals surface area (Å²) < 4.78 is 0. The maximum absolute atomic E-state index is 5.29. The Hall–Kier alpha value is -2.04. The van der Waals surface area contributed by atoms with Crippen LogP contribution in [0.15, 0.2) is 84.9 Å². The number of rotatable bonds is 14. The summed E-state index contributed by atoms with van der Waals surface area (Å²) in [6.07, 6.45) is 0. The predicted molar refractivity (Wildman–Crippen MR) is 244 cm³/mol. The summed E-state index contributed by atoms with van der Waals surface area (Å²) in [5.41, 5.74) is 12.9. The van der Waals surface area contributed by atoms with Gasteiger partial charge in [-0.25, -0.2) is 0 Å². The van der Waals surface area contributed by atoms with Crippen molar-refractivity contribution >= 4 is 49.2 Å². The van der Waals surface area contributed by atoms with E-state index in [0.717, 1.165) is 0 Å². The summed E-state index contributed by atoms with van der Waals surface area (Å²) in [7, 11) is -1.33. The maximum Gasteiger partial charge on any atom is 2.00 e. The summed E-state index contributed by atoms with van der Waals surface area (Å²) in [6.45, 7) is 37.1. The first-order valence-electron chi connectivity index (χ1n) is 20.1. The Bertz CT molecular complexity index is 1500. The molecule has 284 valence electrons. The molecule has 0 aromatic heterocycles. The van der Waals surface area contributed by atoms with Gasteiger partial charge in [0.2, 0.25) is 0 Å². The van der Waals surface area contributed by atoms with Gasteiger partial charge in [0.15, 0.2) is 0 Å². The van der Waals surface area contributed by atoms with Gasteiger partial charge in [-0.2, -0.15) is 0 Å². The minimum atomic E-state index is -0.664. The van der Waals surface area contributed by atoms with E-state index < -0.39 is 15.8 Å². The van der Waals surface area contributed by atoms with Gasteiger partial charge in [-0.05, 0) is 91.2 Å². The van der Waals surface area contributed by atoms with Crippen LogP contribution in [0.5, 0.6) is 0 Å². The molecule has 0 N–H and O–H groups in total. The number of hydrogen-bond acceptors (Lipinski definition) is 0. The van der Waals surface area contributed by atoms with E-state index in [1.165, 1.54) is 55.6 Å². The van der Waals surface area contributed by atoms with Crippen LogP contribution in [0.25, 0.3) is 10.6 Å². The molecule has 0 aliphatic rings. The average molecular weight is 804 g/mol. The van der Waals surface area contributed by atoms with Gasteiger partial charge in [0.25, 0.3) is 0 Å². The van der Waals surface area contributed by atoms with Crippen LogP contribution in [-0.4, -0.2) is 22.6 Å². The van der Waals surface area contributed by atoms with Crippen molar-refractivity contribution in [1.29, 1.82) is 0 Å². The summed E-state index contributed by atoms with van der Waals surface area (Å²) in [6, 6.07) is 31.1. The zero-order valence-corrected chi connectivity index (χ0v) is 41.3. The standard InChI is InChI=1S/2C24H35NP.Zn/c2*1-16(2)20-12-11-13-21(17(3)4)24(20)25-22-14-9-10-15-23(22)26(18(5)6)19(7)8;/h2*9-19H,1-8H3;/q2*-1;+2/p+2. The molecule has 0 unspecified atom stereocenters. The molecule has 0 radical (unpaired) electrons. The fourth-order valence-electron chi connectivity index (χ4n) is 7.73. The molecule has 4 aromatic carbocycles. The summed E-state index contributed by atoms with van der Waals surface area (Å²) in [5.74, 6) is 1.89. The van der Waals surface area contributed by atoms with E-state index in [2.05, 4.69) is 196 Å². The molecule has 0 fully saturated rings. The summed E-state index contributed by atoms with van der Waals surface area (Å²) >= 11 is 0. The van der Waals surface area contributed by atoms with Crippen LogP contribution in [0.4, 0.5) is 22.7 Å². The Labute approximate surface area is 341 Å². The minimum Gasteiger partial charge on any atom is -0.654 e. The molecule has 0 heterocycles. The van der Waals surface area contributed by atoms with E-state index in [1.54, 1.807) is 0 Å².